The number of aromatic nitrogens is 3. The molecular formula is C30H33ClN6O2. The molecule has 0 spiro atoms. The van der Waals surface area contributed by atoms with Gasteiger partial charge in [-0.25, -0.2) is 9.97 Å². The number of amides is 2. The molecule has 1 aromatic carbocycles. The van der Waals surface area contributed by atoms with Crippen molar-refractivity contribution in [3.63, 3.8) is 0 Å². The highest BCUT2D eigenvalue weighted by atomic mass is 35.5. The van der Waals surface area contributed by atoms with E-state index in [0.717, 1.165) is 73.0 Å². The Bertz CT molecular complexity index is 1550. The summed E-state index contributed by atoms with van der Waals surface area (Å²) in [7, 11) is 1.93. The van der Waals surface area contributed by atoms with Crippen LogP contribution in [0.5, 0.6) is 0 Å². The highest BCUT2D eigenvalue weighted by Crippen LogP contribution is 2.45. The van der Waals surface area contributed by atoms with Crippen molar-refractivity contribution in [3.05, 3.63) is 65.5 Å². The number of fused-ring (bicyclic) bond motifs is 1. The average molecular weight is 545 g/mol. The van der Waals surface area contributed by atoms with Gasteiger partial charge < -0.3 is 20.5 Å². The van der Waals surface area contributed by atoms with Crippen LogP contribution in [-0.2, 0) is 16.6 Å². The molecule has 202 valence electrons. The maximum Gasteiger partial charge on any atom is 0.250 e. The number of benzene rings is 1. The van der Waals surface area contributed by atoms with Crippen molar-refractivity contribution in [1.29, 1.82) is 0 Å². The predicted molar refractivity (Wildman–Crippen MR) is 157 cm³/mol. The van der Waals surface area contributed by atoms with Crippen molar-refractivity contribution in [1.82, 2.24) is 19.4 Å². The van der Waals surface area contributed by atoms with E-state index in [4.69, 9.17) is 17.3 Å². The molecule has 39 heavy (non-hydrogen) atoms. The fourth-order valence-corrected chi connectivity index (χ4v) is 5.87. The van der Waals surface area contributed by atoms with Crippen LogP contribution in [0.4, 0.5) is 11.5 Å². The molecule has 1 aliphatic heterocycles. The summed E-state index contributed by atoms with van der Waals surface area (Å²) in [5.74, 6) is 0.325. The van der Waals surface area contributed by atoms with Crippen LogP contribution in [0, 0.1) is 5.92 Å². The molecule has 2 aliphatic rings. The minimum Gasteiger partial charge on any atom is -0.383 e. The number of hydrogen-bond donors (Lipinski definition) is 2. The second-order valence-corrected chi connectivity index (χ2v) is 10.8. The number of carbonyl (C=O) groups excluding carboxylic acids is 2. The molecule has 9 heteroatoms. The van der Waals surface area contributed by atoms with Gasteiger partial charge in [0.25, 0.3) is 5.91 Å². The zero-order valence-corrected chi connectivity index (χ0v) is 23.1. The summed E-state index contributed by atoms with van der Waals surface area (Å²) in [4.78, 5) is 35.8. The number of allylic oxidation sites excluding steroid dienone is 2. The second-order valence-electron chi connectivity index (χ2n) is 10.4. The zero-order valence-electron chi connectivity index (χ0n) is 22.4. The van der Waals surface area contributed by atoms with Gasteiger partial charge in [0.1, 0.15) is 17.8 Å². The monoisotopic (exact) mass is 544 g/mol. The van der Waals surface area contributed by atoms with Crippen LogP contribution in [0.25, 0.3) is 27.9 Å². The lowest BCUT2D eigenvalue weighted by molar-refractivity contribution is -0.126. The Balaban J connectivity index is 1.53. The fraction of sp³-hybridized carbons (Fsp3) is 0.333. The van der Waals surface area contributed by atoms with Gasteiger partial charge in [-0.3, -0.25) is 9.59 Å². The summed E-state index contributed by atoms with van der Waals surface area (Å²) in [6.07, 6.45) is 8.06. The molecule has 3 heterocycles. The number of carbonyl (C=O) groups is 2. The van der Waals surface area contributed by atoms with E-state index in [1.165, 1.54) is 6.33 Å². The molecule has 1 atom stereocenters. The number of hydrogen-bond acceptors (Lipinski definition) is 5. The molecule has 0 radical (unpaired) electrons. The first-order chi connectivity index (χ1) is 18.7. The molecule has 3 aromatic rings. The first kappa shape index (κ1) is 26.7. The first-order valence-corrected chi connectivity index (χ1v) is 13.6. The number of aryl methyl sites for hydroxylation is 1. The number of anilines is 2. The minimum absolute atomic E-state index is 0.0865. The molecule has 3 N–H and O–H groups in total. The van der Waals surface area contributed by atoms with Crippen LogP contribution in [0.15, 0.2) is 54.9 Å². The lowest BCUT2D eigenvalue weighted by Gasteiger charge is -2.26. The summed E-state index contributed by atoms with van der Waals surface area (Å²) in [6, 6.07) is 5.44. The van der Waals surface area contributed by atoms with Crippen molar-refractivity contribution in [3.8, 4) is 11.3 Å². The third-order valence-corrected chi connectivity index (χ3v) is 8.07. The van der Waals surface area contributed by atoms with Gasteiger partial charge in [-0.1, -0.05) is 30.8 Å². The summed E-state index contributed by atoms with van der Waals surface area (Å²) in [6.45, 7) is 11.2. The molecule has 2 amide bonds. The molecular weight excluding hydrogens is 512 g/mol. The van der Waals surface area contributed by atoms with Gasteiger partial charge in [0, 0.05) is 48.1 Å². The number of nitrogens with two attached hydrogens (primary N) is 1. The number of nitrogen functional groups attached to an aromatic ring is 1. The summed E-state index contributed by atoms with van der Waals surface area (Å²) < 4.78 is 1.98. The fourth-order valence-electron chi connectivity index (χ4n) is 5.60. The Hall–Kier alpha value is -3.91. The molecule has 2 aromatic heterocycles. The normalized spacial score (nSPS) is 17.3. The van der Waals surface area contributed by atoms with E-state index in [1.54, 1.807) is 13.0 Å². The smallest absolute Gasteiger partial charge is 0.250 e. The second kappa shape index (κ2) is 10.7. The van der Waals surface area contributed by atoms with Crippen molar-refractivity contribution < 1.29 is 9.59 Å². The van der Waals surface area contributed by atoms with E-state index in [9.17, 15) is 9.59 Å². The Morgan fingerprint density at radius 1 is 1.18 bits per heavy atom. The van der Waals surface area contributed by atoms with E-state index in [0.29, 0.717) is 33.3 Å². The average Bonchev–Trinajstić information content (AvgIpc) is 3.56. The number of halogens is 1. The lowest BCUT2D eigenvalue weighted by atomic mass is 9.81. The van der Waals surface area contributed by atoms with Crippen molar-refractivity contribution in [2.75, 3.05) is 24.1 Å². The highest BCUT2D eigenvalue weighted by Gasteiger charge is 2.30. The van der Waals surface area contributed by atoms with Gasteiger partial charge in [-0.2, -0.15) is 0 Å². The van der Waals surface area contributed by atoms with E-state index >= 15 is 0 Å². The molecule has 0 unspecified atom stereocenters. The number of likely N-dealkylation sites (tertiary alicyclic amines) is 1. The Morgan fingerprint density at radius 2 is 1.92 bits per heavy atom. The topological polar surface area (TPSA) is 106 Å². The first-order valence-electron chi connectivity index (χ1n) is 13.2. The molecule has 1 aliphatic carbocycles. The summed E-state index contributed by atoms with van der Waals surface area (Å²) >= 11 is 6.81. The van der Waals surface area contributed by atoms with E-state index in [2.05, 4.69) is 34.5 Å². The molecule has 8 nitrogen and oxygen atoms in total. The SMILES string of the molecule is C=C(C)C(=O)Nc1ccc(-c2c(C3=CC[C@@H](C(=C)C(=O)N4CCCC4)CC3)c3c(N)ncnc3n2C)c(Cl)c1. The van der Waals surface area contributed by atoms with E-state index < -0.39 is 0 Å². The highest BCUT2D eigenvalue weighted by molar-refractivity contribution is 6.34. The largest absolute Gasteiger partial charge is 0.383 e. The standard InChI is InChI=1S/C30H33ClN6O2/c1-17(2)29(38)35-21-11-12-22(23(31)15-21)26-24(25-27(32)33-16-34-28(25)36(26)4)20-9-7-19(8-10-20)18(3)30(39)37-13-5-6-14-37/h9,11-12,15-16,19H,1,3,5-8,10,13-14H2,2,4H3,(H,35,38)(H2,32,33,34)/t19-/m1/s1. The number of nitrogens with zero attached hydrogens (tertiary/aromatic N) is 4. The van der Waals surface area contributed by atoms with Crippen molar-refractivity contribution in [2.45, 2.75) is 39.0 Å². The quantitative estimate of drug-likeness (QED) is 0.384. The number of rotatable bonds is 6. The molecule has 0 bridgehead atoms. The van der Waals surface area contributed by atoms with Gasteiger partial charge in [-0.15, -0.1) is 0 Å². The Kier molecular flexibility index (Phi) is 7.32. The molecule has 1 saturated heterocycles. The number of nitrogens with one attached hydrogen (secondary N) is 1. The lowest BCUT2D eigenvalue weighted by Crippen LogP contribution is -2.31. The van der Waals surface area contributed by atoms with Crippen LogP contribution < -0.4 is 11.1 Å². The Labute approximate surface area is 233 Å². The van der Waals surface area contributed by atoms with Crippen LogP contribution in [0.3, 0.4) is 0 Å². The summed E-state index contributed by atoms with van der Waals surface area (Å²) in [5.41, 5.74) is 12.5. The van der Waals surface area contributed by atoms with Crippen LogP contribution in [0.2, 0.25) is 5.02 Å². The third kappa shape index (κ3) is 4.96. The zero-order chi connectivity index (χ0) is 27.8. The van der Waals surface area contributed by atoms with Crippen LogP contribution >= 0.6 is 11.6 Å². The maximum absolute atomic E-state index is 13.0. The van der Waals surface area contributed by atoms with Gasteiger partial charge in [0.2, 0.25) is 5.91 Å². The van der Waals surface area contributed by atoms with Gasteiger partial charge >= 0.3 is 0 Å². The summed E-state index contributed by atoms with van der Waals surface area (Å²) in [5, 5.41) is 4.07. The molecule has 5 rings (SSSR count). The molecule has 1 fully saturated rings. The van der Waals surface area contributed by atoms with E-state index in [1.807, 2.05) is 28.6 Å². The Morgan fingerprint density at radius 3 is 2.56 bits per heavy atom. The molecule has 0 saturated carbocycles. The van der Waals surface area contributed by atoms with E-state index in [-0.39, 0.29) is 17.7 Å². The van der Waals surface area contributed by atoms with Gasteiger partial charge in [-0.05, 0) is 68.7 Å². The maximum atomic E-state index is 13.0. The minimum atomic E-state index is -0.265. The third-order valence-electron chi connectivity index (χ3n) is 7.76. The van der Waals surface area contributed by atoms with Crippen molar-refractivity contribution in [2.24, 2.45) is 13.0 Å². The van der Waals surface area contributed by atoms with Crippen LogP contribution in [0.1, 0.15) is 44.6 Å². The van der Waals surface area contributed by atoms with Gasteiger partial charge in [0.05, 0.1) is 16.1 Å². The van der Waals surface area contributed by atoms with Crippen molar-refractivity contribution >= 4 is 51.5 Å². The van der Waals surface area contributed by atoms with Gasteiger partial charge in [0.15, 0.2) is 0 Å². The van der Waals surface area contributed by atoms with Crippen LogP contribution in [-0.4, -0.2) is 44.3 Å². The predicted octanol–water partition coefficient (Wildman–Crippen LogP) is 5.75.